The molecule has 0 saturated heterocycles. The highest BCUT2D eigenvalue weighted by atomic mass is 15.7. The third-order valence-electron chi connectivity index (χ3n) is 3.69. The van der Waals surface area contributed by atoms with E-state index in [4.69, 9.17) is 0 Å². The largest absolute Gasteiger partial charge is 0.271 e. The SMILES string of the molecule is CCN(NN=Nc1ccc(-c2ccccc2)cc1)c1ccccc1. The van der Waals surface area contributed by atoms with Crippen molar-refractivity contribution in [3.8, 4) is 11.1 Å². The average Bonchev–Trinajstić information content (AvgIpc) is 2.67. The Labute approximate surface area is 142 Å². The first-order valence-corrected chi connectivity index (χ1v) is 8.01. The van der Waals surface area contributed by atoms with E-state index < -0.39 is 0 Å². The maximum Gasteiger partial charge on any atom is 0.0875 e. The lowest BCUT2D eigenvalue weighted by molar-refractivity contribution is 0.642. The summed E-state index contributed by atoms with van der Waals surface area (Å²) in [6.45, 7) is 2.85. The Kier molecular flexibility index (Phi) is 5.20. The van der Waals surface area contributed by atoms with Gasteiger partial charge in [0, 0.05) is 6.54 Å². The highest BCUT2D eigenvalue weighted by Crippen LogP contribution is 2.22. The molecular formula is C20H20N4. The summed E-state index contributed by atoms with van der Waals surface area (Å²) in [7, 11) is 0. The molecule has 0 aromatic heterocycles. The number of hydrogen-bond acceptors (Lipinski definition) is 3. The molecule has 0 atom stereocenters. The molecule has 0 heterocycles. The van der Waals surface area contributed by atoms with Crippen LogP contribution in [0.2, 0.25) is 0 Å². The Hall–Kier alpha value is -3.14. The minimum Gasteiger partial charge on any atom is -0.271 e. The Morgan fingerprint density at radius 2 is 1.33 bits per heavy atom. The third-order valence-corrected chi connectivity index (χ3v) is 3.69. The van der Waals surface area contributed by atoms with Crippen LogP contribution in [-0.4, -0.2) is 6.54 Å². The van der Waals surface area contributed by atoms with Gasteiger partial charge >= 0.3 is 0 Å². The molecule has 3 aromatic carbocycles. The molecule has 0 fully saturated rings. The quantitative estimate of drug-likeness (QED) is 0.489. The minimum atomic E-state index is 0.788. The van der Waals surface area contributed by atoms with Gasteiger partial charge in [0.1, 0.15) is 0 Å². The lowest BCUT2D eigenvalue weighted by Gasteiger charge is -2.20. The van der Waals surface area contributed by atoms with E-state index in [-0.39, 0.29) is 0 Å². The first kappa shape index (κ1) is 15.7. The molecule has 0 aliphatic rings. The molecule has 0 amide bonds. The summed E-state index contributed by atoms with van der Waals surface area (Å²) < 4.78 is 0. The van der Waals surface area contributed by atoms with Crippen molar-refractivity contribution in [1.29, 1.82) is 0 Å². The molecule has 0 bridgehead atoms. The maximum atomic E-state index is 4.23. The standard InChI is InChI=1S/C20H20N4/c1-2-24(20-11-7-4-8-12-20)23-22-21-19-15-13-18(14-16-19)17-9-5-3-6-10-17/h3-16H,2H2,1H3,(H,21,23). The van der Waals surface area contributed by atoms with Gasteiger partial charge in [-0.2, -0.15) is 5.53 Å². The number of hydrogen-bond donors (Lipinski definition) is 1. The predicted octanol–water partition coefficient (Wildman–Crippen LogP) is 5.38. The number of nitrogens with zero attached hydrogens (tertiary/aromatic N) is 3. The molecule has 0 spiro atoms. The number of anilines is 1. The summed E-state index contributed by atoms with van der Waals surface area (Å²) in [5.41, 5.74) is 7.20. The molecule has 3 rings (SSSR count). The van der Waals surface area contributed by atoms with Crippen molar-refractivity contribution in [3.63, 3.8) is 0 Å². The molecule has 120 valence electrons. The van der Waals surface area contributed by atoms with Gasteiger partial charge in [-0.25, -0.2) is 0 Å². The summed E-state index contributed by atoms with van der Waals surface area (Å²) in [5, 5.41) is 10.3. The van der Waals surface area contributed by atoms with Crippen LogP contribution in [0, 0.1) is 0 Å². The minimum absolute atomic E-state index is 0.788. The van der Waals surface area contributed by atoms with E-state index in [1.165, 1.54) is 11.1 Å². The van der Waals surface area contributed by atoms with Gasteiger partial charge in [0.25, 0.3) is 0 Å². The molecule has 4 heteroatoms. The number of benzene rings is 3. The van der Waals surface area contributed by atoms with E-state index in [1.54, 1.807) is 0 Å². The smallest absolute Gasteiger partial charge is 0.0875 e. The second-order valence-corrected chi connectivity index (χ2v) is 5.29. The van der Waals surface area contributed by atoms with E-state index in [0.717, 1.165) is 17.9 Å². The maximum absolute atomic E-state index is 4.23. The zero-order valence-corrected chi connectivity index (χ0v) is 13.6. The number of nitrogens with one attached hydrogen (secondary N) is 1. The highest BCUT2D eigenvalue weighted by Gasteiger charge is 2.01. The normalized spacial score (nSPS) is 10.7. The van der Waals surface area contributed by atoms with E-state index in [1.807, 2.05) is 65.7 Å². The average molecular weight is 316 g/mol. The molecule has 1 N–H and O–H groups in total. The van der Waals surface area contributed by atoms with Crippen molar-refractivity contribution in [2.45, 2.75) is 6.92 Å². The second-order valence-electron chi connectivity index (χ2n) is 5.29. The van der Waals surface area contributed by atoms with Crippen LogP contribution in [0.1, 0.15) is 6.92 Å². The van der Waals surface area contributed by atoms with E-state index in [2.05, 4.69) is 47.1 Å². The van der Waals surface area contributed by atoms with Gasteiger partial charge in [-0.1, -0.05) is 65.9 Å². The zero-order valence-electron chi connectivity index (χ0n) is 13.6. The van der Waals surface area contributed by atoms with Crippen LogP contribution in [0.5, 0.6) is 0 Å². The van der Waals surface area contributed by atoms with Crippen molar-refractivity contribution in [2.24, 2.45) is 10.3 Å². The highest BCUT2D eigenvalue weighted by molar-refractivity contribution is 5.65. The van der Waals surface area contributed by atoms with Crippen molar-refractivity contribution in [3.05, 3.63) is 84.9 Å². The lowest BCUT2D eigenvalue weighted by atomic mass is 10.1. The molecule has 4 nitrogen and oxygen atoms in total. The summed E-state index contributed by atoms with van der Waals surface area (Å²) >= 11 is 0. The van der Waals surface area contributed by atoms with Gasteiger partial charge in [0.15, 0.2) is 0 Å². The van der Waals surface area contributed by atoms with Crippen LogP contribution < -0.4 is 10.5 Å². The van der Waals surface area contributed by atoms with Gasteiger partial charge in [-0.15, -0.1) is 5.11 Å². The monoisotopic (exact) mass is 316 g/mol. The van der Waals surface area contributed by atoms with Gasteiger partial charge < -0.3 is 0 Å². The Balaban J connectivity index is 1.64. The third kappa shape index (κ3) is 3.98. The summed E-state index contributed by atoms with van der Waals surface area (Å²) in [4.78, 5) is 0. The second kappa shape index (κ2) is 7.92. The van der Waals surface area contributed by atoms with E-state index in [0.29, 0.717) is 0 Å². The van der Waals surface area contributed by atoms with Crippen molar-refractivity contribution in [2.75, 3.05) is 11.6 Å². The molecule has 24 heavy (non-hydrogen) atoms. The van der Waals surface area contributed by atoms with Crippen molar-refractivity contribution in [1.82, 2.24) is 5.53 Å². The fourth-order valence-electron chi connectivity index (χ4n) is 2.40. The number of para-hydroxylation sites is 1. The molecule has 0 aliphatic carbocycles. The number of rotatable bonds is 6. The fourth-order valence-corrected chi connectivity index (χ4v) is 2.40. The molecule has 0 saturated carbocycles. The van der Waals surface area contributed by atoms with Crippen LogP contribution in [0.15, 0.2) is 95.3 Å². The Morgan fingerprint density at radius 3 is 1.96 bits per heavy atom. The molecule has 0 aliphatic heterocycles. The van der Waals surface area contributed by atoms with Crippen molar-refractivity contribution >= 4 is 11.4 Å². The van der Waals surface area contributed by atoms with Crippen LogP contribution >= 0.6 is 0 Å². The van der Waals surface area contributed by atoms with Crippen LogP contribution in [0.25, 0.3) is 11.1 Å². The van der Waals surface area contributed by atoms with Gasteiger partial charge in [0.2, 0.25) is 0 Å². The van der Waals surface area contributed by atoms with Crippen LogP contribution in [0.3, 0.4) is 0 Å². The zero-order chi connectivity index (χ0) is 16.6. The molecule has 0 unspecified atom stereocenters. The Bertz CT molecular complexity index is 768. The van der Waals surface area contributed by atoms with Crippen LogP contribution in [0.4, 0.5) is 11.4 Å². The summed E-state index contributed by atoms with van der Waals surface area (Å²) in [5.74, 6) is 0. The van der Waals surface area contributed by atoms with Gasteiger partial charge in [0.05, 0.1) is 11.4 Å². The Morgan fingerprint density at radius 1 is 0.750 bits per heavy atom. The fraction of sp³-hybridized carbons (Fsp3) is 0.100. The van der Waals surface area contributed by atoms with Crippen molar-refractivity contribution < 1.29 is 0 Å². The number of hydrazine groups is 1. The summed E-state index contributed by atoms with van der Waals surface area (Å²) in [6.07, 6.45) is 0. The molecular weight excluding hydrogens is 296 g/mol. The lowest BCUT2D eigenvalue weighted by Crippen LogP contribution is -2.33. The van der Waals surface area contributed by atoms with Crippen LogP contribution in [-0.2, 0) is 0 Å². The first-order chi connectivity index (χ1) is 11.9. The van der Waals surface area contributed by atoms with Gasteiger partial charge in [-0.05, 0) is 42.3 Å². The van der Waals surface area contributed by atoms with E-state index in [9.17, 15) is 0 Å². The summed E-state index contributed by atoms with van der Waals surface area (Å²) in [6, 6.07) is 28.4. The molecule has 3 aromatic rings. The predicted molar refractivity (Wildman–Crippen MR) is 99.0 cm³/mol. The van der Waals surface area contributed by atoms with E-state index >= 15 is 0 Å². The van der Waals surface area contributed by atoms with Gasteiger partial charge in [-0.3, -0.25) is 5.01 Å². The topological polar surface area (TPSA) is 40.0 Å². The molecule has 0 radical (unpaired) electrons. The first-order valence-electron chi connectivity index (χ1n) is 8.01.